The first-order chi connectivity index (χ1) is 11.9. The molecule has 5 nitrogen and oxygen atoms in total. The Kier molecular flexibility index (Phi) is 6.84. The van der Waals surface area contributed by atoms with Gasteiger partial charge in [-0.15, -0.1) is 0 Å². The number of esters is 1. The lowest BCUT2D eigenvalue weighted by Crippen LogP contribution is -2.08. The molecule has 0 atom stereocenters. The van der Waals surface area contributed by atoms with Crippen molar-refractivity contribution in [2.45, 2.75) is 19.8 Å². The molecule has 2 rings (SSSR count). The number of hydrogen-bond acceptors (Lipinski definition) is 5. The van der Waals surface area contributed by atoms with E-state index >= 15 is 0 Å². The Bertz CT molecular complexity index is 791. The van der Waals surface area contributed by atoms with Crippen LogP contribution in [0.15, 0.2) is 40.9 Å². The first-order valence-corrected chi connectivity index (χ1v) is 8.73. The molecular weight excluding hydrogens is 412 g/mol. The molecule has 0 aliphatic rings. The van der Waals surface area contributed by atoms with Crippen molar-refractivity contribution >= 4 is 39.3 Å². The number of halogens is 2. The zero-order chi connectivity index (χ0) is 18.4. The SMILES string of the molecule is CCOC(=O)CCC(=O)c1cc(Oc2ccccc2Cl)cc(Br)c1O. The summed E-state index contributed by atoms with van der Waals surface area (Å²) in [6.07, 6.45) is -0.131. The van der Waals surface area contributed by atoms with Gasteiger partial charge in [-0.2, -0.15) is 0 Å². The molecule has 7 heteroatoms. The molecule has 25 heavy (non-hydrogen) atoms. The van der Waals surface area contributed by atoms with Gasteiger partial charge in [0.05, 0.1) is 28.1 Å². The van der Waals surface area contributed by atoms with E-state index in [4.69, 9.17) is 21.1 Å². The first kappa shape index (κ1) is 19.3. The first-order valence-electron chi connectivity index (χ1n) is 7.56. The van der Waals surface area contributed by atoms with Crippen LogP contribution in [0.25, 0.3) is 0 Å². The Hall–Kier alpha value is -2.05. The maximum atomic E-state index is 12.3. The lowest BCUT2D eigenvalue weighted by molar-refractivity contribution is -0.143. The summed E-state index contributed by atoms with van der Waals surface area (Å²) in [7, 11) is 0. The third-order valence-electron chi connectivity index (χ3n) is 3.26. The van der Waals surface area contributed by atoms with E-state index in [1.165, 1.54) is 12.1 Å². The Morgan fingerprint density at radius 2 is 1.92 bits per heavy atom. The van der Waals surface area contributed by atoms with E-state index in [0.29, 0.717) is 21.0 Å². The average molecular weight is 428 g/mol. The maximum absolute atomic E-state index is 12.3. The number of benzene rings is 2. The summed E-state index contributed by atoms with van der Waals surface area (Å²) in [6, 6.07) is 9.84. The summed E-state index contributed by atoms with van der Waals surface area (Å²) in [6.45, 7) is 1.95. The van der Waals surface area contributed by atoms with Crippen molar-refractivity contribution < 1.29 is 24.2 Å². The number of para-hydroxylation sites is 1. The standard InChI is InChI=1S/C18H16BrClO5/c1-2-24-17(22)8-7-15(21)12-9-11(10-13(19)18(12)23)25-16-6-4-3-5-14(16)20/h3-6,9-10,23H,2,7-8H2,1H3. The number of ether oxygens (including phenoxy) is 2. The minimum Gasteiger partial charge on any atom is -0.506 e. The minimum absolute atomic E-state index is 0.0562. The molecule has 0 aliphatic heterocycles. The van der Waals surface area contributed by atoms with E-state index in [9.17, 15) is 14.7 Å². The molecule has 0 unspecified atom stereocenters. The molecule has 0 radical (unpaired) electrons. The third-order valence-corrected chi connectivity index (χ3v) is 4.18. The van der Waals surface area contributed by atoms with Gasteiger partial charge >= 0.3 is 5.97 Å². The zero-order valence-corrected chi connectivity index (χ0v) is 15.8. The van der Waals surface area contributed by atoms with Crippen LogP contribution in [0.5, 0.6) is 17.2 Å². The number of ketones is 1. The van der Waals surface area contributed by atoms with Crippen LogP contribution in [-0.2, 0) is 9.53 Å². The molecule has 0 amide bonds. The van der Waals surface area contributed by atoms with Gasteiger partial charge in [0, 0.05) is 6.42 Å². The van der Waals surface area contributed by atoms with Crippen LogP contribution >= 0.6 is 27.5 Å². The molecule has 0 heterocycles. The quantitative estimate of drug-likeness (QED) is 0.490. The topological polar surface area (TPSA) is 72.8 Å². The Labute approximate surface area is 158 Å². The Morgan fingerprint density at radius 3 is 2.60 bits per heavy atom. The van der Waals surface area contributed by atoms with E-state index in [1.807, 2.05) is 0 Å². The fourth-order valence-electron chi connectivity index (χ4n) is 2.08. The molecule has 0 saturated heterocycles. The third kappa shape index (κ3) is 5.21. The van der Waals surface area contributed by atoms with Crippen molar-refractivity contribution in [2.75, 3.05) is 6.61 Å². The van der Waals surface area contributed by atoms with Gasteiger partial charge < -0.3 is 14.6 Å². The predicted molar refractivity (Wildman–Crippen MR) is 97.5 cm³/mol. The second kappa shape index (κ2) is 8.87. The van der Waals surface area contributed by atoms with Crippen molar-refractivity contribution in [3.8, 4) is 17.2 Å². The van der Waals surface area contributed by atoms with Crippen molar-refractivity contribution in [1.82, 2.24) is 0 Å². The number of phenols is 1. The summed E-state index contributed by atoms with van der Waals surface area (Å²) < 4.78 is 10.8. The maximum Gasteiger partial charge on any atom is 0.306 e. The molecule has 0 fully saturated rings. The molecule has 0 aromatic heterocycles. The van der Waals surface area contributed by atoms with E-state index in [1.54, 1.807) is 31.2 Å². The van der Waals surface area contributed by atoms with Crippen molar-refractivity contribution in [3.63, 3.8) is 0 Å². The molecule has 0 spiro atoms. The molecule has 0 saturated carbocycles. The smallest absolute Gasteiger partial charge is 0.306 e. The molecule has 132 valence electrons. The number of phenolic OH excluding ortho intramolecular Hbond substituents is 1. The number of aromatic hydroxyl groups is 1. The number of hydrogen-bond donors (Lipinski definition) is 1. The van der Waals surface area contributed by atoms with Gasteiger partial charge in [0.15, 0.2) is 5.78 Å². The Balaban J connectivity index is 2.21. The van der Waals surface area contributed by atoms with Gasteiger partial charge in [-0.05, 0) is 47.1 Å². The normalized spacial score (nSPS) is 10.4. The Morgan fingerprint density at radius 1 is 1.20 bits per heavy atom. The van der Waals surface area contributed by atoms with Gasteiger partial charge in [0.25, 0.3) is 0 Å². The van der Waals surface area contributed by atoms with Crippen LogP contribution in [0, 0.1) is 0 Å². The summed E-state index contributed by atoms with van der Waals surface area (Å²) in [4.78, 5) is 23.7. The van der Waals surface area contributed by atoms with Gasteiger partial charge in [-0.3, -0.25) is 9.59 Å². The van der Waals surface area contributed by atoms with E-state index in [0.717, 1.165) is 0 Å². The van der Waals surface area contributed by atoms with Gasteiger partial charge in [0.2, 0.25) is 0 Å². The second-order valence-electron chi connectivity index (χ2n) is 5.06. The fraction of sp³-hybridized carbons (Fsp3) is 0.222. The van der Waals surface area contributed by atoms with Gasteiger partial charge in [-0.1, -0.05) is 23.7 Å². The minimum atomic E-state index is -0.460. The summed E-state index contributed by atoms with van der Waals surface area (Å²) in [5.74, 6) is -0.307. The average Bonchev–Trinajstić information content (AvgIpc) is 2.58. The molecule has 0 aliphatic carbocycles. The molecule has 2 aromatic rings. The largest absolute Gasteiger partial charge is 0.506 e. The second-order valence-corrected chi connectivity index (χ2v) is 6.32. The van der Waals surface area contributed by atoms with Crippen molar-refractivity contribution in [3.05, 3.63) is 51.5 Å². The highest BCUT2D eigenvalue weighted by Crippen LogP contribution is 2.36. The van der Waals surface area contributed by atoms with Crippen LogP contribution < -0.4 is 4.74 Å². The van der Waals surface area contributed by atoms with Crippen molar-refractivity contribution in [1.29, 1.82) is 0 Å². The number of rotatable bonds is 7. The van der Waals surface area contributed by atoms with Crippen LogP contribution in [-0.4, -0.2) is 23.5 Å². The lowest BCUT2D eigenvalue weighted by Gasteiger charge is -2.11. The monoisotopic (exact) mass is 426 g/mol. The predicted octanol–water partition coefficient (Wildman–Crippen LogP) is 5.13. The fourth-order valence-corrected chi connectivity index (χ4v) is 2.70. The summed E-state index contributed by atoms with van der Waals surface area (Å²) in [5.41, 5.74) is 0.0562. The van der Waals surface area contributed by atoms with Crippen LogP contribution in [0.4, 0.5) is 0 Å². The molecule has 2 aromatic carbocycles. The zero-order valence-electron chi connectivity index (χ0n) is 13.4. The lowest BCUT2D eigenvalue weighted by atomic mass is 10.1. The number of carbonyl (C=O) groups excluding carboxylic acids is 2. The van der Waals surface area contributed by atoms with Crippen LogP contribution in [0.2, 0.25) is 5.02 Å². The number of carbonyl (C=O) groups is 2. The highest BCUT2D eigenvalue weighted by Gasteiger charge is 2.18. The van der Waals surface area contributed by atoms with E-state index in [2.05, 4.69) is 15.9 Å². The van der Waals surface area contributed by atoms with Gasteiger partial charge in [-0.25, -0.2) is 0 Å². The van der Waals surface area contributed by atoms with E-state index in [-0.39, 0.29) is 30.8 Å². The van der Waals surface area contributed by atoms with Crippen LogP contribution in [0.3, 0.4) is 0 Å². The molecule has 0 bridgehead atoms. The number of Topliss-reactive ketones (excluding diaryl/α,β-unsaturated/α-hetero) is 1. The molecular formula is C18H16BrClO5. The van der Waals surface area contributed by atoms with Gasteiger partial charge in [0.1, 0.15) is 17.2 Å². The highest BCUT2D eigenvalue weighted by molar-refractivity contribution is 9.10. The summed E-state index contributed by atoms with van der Waals surface area (Å²) in [5, 5.41) is 10.5. The molecule has 1 N–H and O–H groups in total. The summed E-state index contributed by atoms with van der Waals surface area (Å²) >= 11 is 9.25. The highest BCUT2D eigenvalue weighted by atomic mass is 79.9. The van der Waals surface area contributed by atoms with Crippen molar-refractivity contribution in [2.24, 2.45) is 0 Å². The van der Waals surface area contributed by atoms with Crippen LogP contribution in [0.1, 0.15) is 30.1 Å². The van der Waals surface area contributed by atoms with E-state index < -0.39 is 11.8 Å².